The molecule has 0 unspecified atom stereocenters. The van der Waals surface area contributed by atoms with Crippen molar-refractivity contribution in [3.8, 4) is 11.6 Å². The topological polar surface area (TPSA) is 108 Å². The maximum Gasteiger partial charge on any atom is 0.373 e. The first kappa shape index (κ1) is 18.3. The summed E-state index contributed by atoms with van der Waals surface area (Å²) >= 11 is 0. The summed E-state index contributed by atoms with van der Waals surface area (Å²) in [6.07, 6.45) is 7.30. The molecule has 0 saturated carbocycles. The quantitative estimate of drug-likeness (QED) is 0.368. The van der Waals surface area contributed by atoms with Crippen LogP contribution in [0.25, 0.3) is 0 Å². The molecule has 0 bridgehead atoms. The van der Waals surface area contributed by atoms with Crippen molar-refractivity contribution in [3.05, 3.63) is 64.5 Å². The number of nitrogens with one attached hydrogen (secondary N) is 1. The van der Waals surface area contributed by atoms with Crippen LogP contribution < -0.4 is 10.1 Å². The lowest BCUT2D eigenvalue weighted by molar-refractivity contribution is -0.385. The van der Waals surface area contributed by atoms with Gasteiger partial charge in [0.05, 0.1) is 11.3 Å². The summed E-state index contributed by atoms with van der Waals surface area (Å²) < 4.78 is 7.60. The lowest BCUT2D eigenvalue weighted by Crippen LogP contribution is -2.10. The van der Waals surface area contributed by atoms with E-state index < -0.39 is 4.92 Å². The zero-order chi connectivity index (χ0) is 19.2. The minimum Gasteiger partial charge on any atom is -0.434 e. The van der Waals surface area contributed by atoms with Crippen LogP contribution in [0.2, 0.25) is 0 Å². The molecule has 0 atom stereocenters. The summed E-state index contributed by atoms with van der Waals surface area (Å²) in [6.45, 7) is 5.19. The normalized spacial score (nSPS) is 10.6. The minimum atomic E-state index is -0.533. The molecule has 9 nitrogen and oxygen atoms in total. The number of nitrogens with zero attached hydrogens (tertiary/aromatic N) is 5. The number of aryl methyl sites for hydroxylation is 3. The van der Waals surface area contributed by atoms with Crippen molar-refractivity contribution < 1.29 is 9.66 Å². The van der Waals surface area contributed by atoms with Gasteiger partial charge in [-0.25, -0.2) is 9.97 Å². The van der Waals surface area contributed by atoms with E-state index in [9.17, 15) is 10.1 Å². The van der Waals surface area contributed by atoms with E-state index in [1.807, 2.05) is 36.7 Å². The monoisotopic (exact) mass is 368 g/mol. The fraction of sp³-hybridized carbons (Fsp3) is 0.278. The summed E-state index contributed by atoms with van der Waals surface area (Å²) in [5.74, 6) is 0.542. The molecule has 0 amide bonds. The smallest absolute Gasteiger partial charge is 0.373 e. The Bertz CT molecular complexity index is 927. The second-order valence-corrected chi connectivity index (χ2v) is 6.06. The van der Waals surface area contributed by atoms with E-state index in [0.717, 1.165) is 24.1 Å². The van der Waals surface area contributed by atoms with Crippen LogP contribution in [0.15, 0.2) is 43.2 Å². The summed E-state index contributed by atoms with van der Waals surface area (Å²) in [4.78, 5) is 23.0. The highest BCUT2D eigenvalue weighted by molar-refractivity contribution is 5.61. The predicted octanol–water partition coefficient (Wildman–Crippen LogP) is 3.49. The van der Waals surface area contributed by atoms with Crippen LogP contribution in [-0.2, 0) is 6.54 Å². The molecule has 0 aliphatic rings. The number of ether oxygens (including phenoxy) is 1. The second-order valence-electron chi connectivity index (χ2n) is 6.06. The molecular formula is C18H20N6O3. The maximum atomic E-state index is 11.6. The molecule has 3 aromatic rings. The van der Waals surface area contributed by atoms with Gasteiger partial charge in [-0.3, -0.25) is 10.1 Å². The minimum absolute atomic E-state index is 0.0876. The molecule has 1 N–H and O–H groups in total. The van der Waals surface area contributed by atoms with Crippen LogP contribution in [-0.4, -0.2) is 31.0 Å². The number of hydrogen-bond donors (Lipinski definition) is 1. The van der Waals surface area contributed by atoms with Crippen LogP contribution in [0.5, 0.6) is 11.6 Å². The average Bonchev–Trinajstić information content (AvgIpc) is 3.15. The van der Waals surface area contributed by atoms with Gasteiger partial charge in [-0.1, -0.05) is 6.07 Å². The van der Waals surface area contributed by atoms with Gasteiger partial charge in [0.15, 0.2) is 0 Å². The number of imidazole rings is 1. The second kappa shape index (κ2) is 8.26. The number of rotatable bonds is 8. The van der Waals surface area contributed by atoms with Gasteiger partial charge >= 0.3 is 11.6 Å². The SMILES string of the molecule is Cc1ccc(Oc2ncnc(NCCCn3ccnc3)c2[N+](=O)[O-])cc1C. The molecule has 27 heavy (non-hydrogen) atoms. The van der Waals surface area contributed by atoms with Gasteiger partial charge in [0.25, 0.3) is 0 Å². The van der Waals surface area contributed by atoms with Gasteiger partial charge in [0, 0.05) is 25.5 Å². The van der Waals surface area contributed by atoms with Crippen molar-refractivity contribution in [2.75, 3.05) is 11.9 Å². The Morgan fingerprint density at radius 2 is 2.11 bits per heavy atom. The fourth-order valence-electron chi connectivity index (χ4n) is 2.51. The molecule has 140 valence electrons. The average molecular weight is 368 g/mol. The maximum absolute atomic E-state index is 11.6. The molecule has 0 fully saturated rings. The lowest BCUT2D eigenvalue weighted by Gasteiger charge is -2.10. The Hall–Kier alpha value is -3.49. The molecular weight excluding hydrogens is 348 g/mol. The van der Waals surface area contributed by atoms with Gasteiger partial charge in [0.1, 0.15) is 12.1 Å². The standard InChI is InChI=1S/C18H20N6O3/c1-13-4-5-15(10-14(13)2)27-18-16(24(25)26)17(21-11-22-18)20-6-3-8-23-9-7-19-12-23/h4-5,7,9-12H,3,6,8H2,1-2H3,(H,20,21,22). The zero-order valence-electron chi connectivity index (χ0n) is 15.1. The summed E-state index contributed by atoms with van der Waals surface area (Å²) in [5.41, 5.74) is 1.86. The molecule has 0 spiro atoms. The Morgan fingerprint density at radius 3 is 2.81 bits per heavy atom. The molecule has 0 saturated heterocycles. The third-order valence-corrected chi connectivity index (χ3v) is 4.11. The first-order valence-electron chi connectivity index (χ1n) is 8.48. The van der Waals surface area contributed by atoms with Crippen molar-refractivity contribution >= 4 is 11.5 Å². The van der Waals surface area contributed by atoms with Crippen molar-refractivity contribution in [2.45, 2.75) is 26.8 Å². The van der Waals surface area contributed by atoms with Crippen LogP contribution >= 0.6 is 0 Å². The van der Waals surface area contributed by atoms with Crippen LogP contribution in [0, 0.1) is 24.0 Å². The van der Waals surface area contributed by atoms with Gasteiger partial charge < -0.3 is 14.6 Å². The first-order valence-corrected chi connectivity index (χ1v) is 8.48. The summed E-state index contributed by atoms with van der Waals surface area (Å²) in [5, 5.41) is 14.6. The van der Waals surface area contributed by atoms with E-state index in [0.29, 0.717) is 12.3 Å². The third-order valence-electron chi connectivity index (χ3n) is 4.11. The van der Waals surface area contributed by atoms with Crippen molar-refractivity contribution in [2.24, 2.45) is 0 Å². The largest absolute Gasteiger partial charge is 0.434 e. The van der Waals surface area contributed by atoms with Gasteiger partial charge in [-0.2, -0.15) is 4.98 Å². The number of hydrogen-bond acceptors (Lipinski definition) is 7. The fourth-order valence-corrected chi connectivity index (χ4v) is 2.51. The van der Waals surface area contributed by atoms with E-state index in [4.69, 9.17) is 4.74 Å². The van der Waals surface area contributed by atoms with Crippen LogP contribution in [0.3, 0.4) is 0 Å². The van der Waals surface area contributed by atoms with E-state index in [1.54, 1.807) is 18.6 Å². The van der Waals surface area contributed by atoms with E-state index in [1.165, 1.54) is 6.33 Å². The van der Waals surface area contributed by atoms with Crippen molar-refractivity contribution in [3.63, 3.8) is 0 Å². The molecule has 0 aliphatic heterocycles. The van der Waals surface area contributed by atoms with Crippen LogP contribution in [0.1, 0.15) is 17.5 Å². The number of benzene rings is 1. The highest BCUT2D eigenvalue weighted by Gasteiger charge is 2.24. The number of aromatic nitrogens is 4. The van der Waals surface area contributed by atoms with Gasteiger partial charge in [-0.15, -0.1) is 0 Å². The van der Waals surface area contributed by atoms with E-state index >= 15 is 0 Å². The predicted molar refractivity (Wildman–Crippen MR) is 100 cm³/mol. The number of anilines is 1. The molecule has 9 heteroatoms. The molecule has 2 aromatic heterocycles. The zero-order valence-corrected chi connectivity index (χ0v) is 15.1. The van der Waals surface area contributed by atoms with Gasteiger partial charge in [-0.05, 0) is 43.5 Å². The Morgan fingerprint density at radius 1 is 1.26 bits per heavy atom. The van der Waals surface area contributed by atoms with E-state index in [-0.39, 0.29) is 17.4 Å². The Labute approximate surface area is 156 Å². The van der Waals surface area contributed by atoms with Crippen molar-refractivity contribution in [1.82, 2.24) is 19.5 Å². The Kier molecular flexibility index (Phi) is 5.60. The number of nitro groups is 1. The molecule has 1 aromatic carbocycles. The molecule has 0 radical (unpaired) electrons. The highest BCUT2D eigenvalue weighted by Crippen LogP contribution is 2.34. The molecule has 0 aliphatic carbocycles. The highest BCUT2D eigenvalue weighted by atomic mass is 16.6. The van der Waals surface area contributed by atoms with E-state index in [2.05, 4.69) is 20.3 Å². The summed E-state index contributed by atoms with van der Waals surface area (Å²) in [7, 11) is 0. The van der Waals surface area contributed by atoms with Crippen LogP contribution in [0.4, 0.5) is 11.5 Å². The molecule has 3 rings (SSSR count). The Balaban J connectivity index is 1.73. The lowest BCUT2D eigenvalue weighted by atomic mass is 10.1. The third kappa shape index (κ3) is 4.57. The first-order chi connectivity index (χ1) is 13.0. The summed E-state index contributed by atoms with van der Waals surface area (Å²) in [6, 6.07) is 5.47. The molecule has 2 heterocycles. The van der Waals surface area contributed by atoms with Gasteiger partial charge in [0.2, 0.25) is 5.82 Å². The van der Waals surface area contributed by atoms with Crippen molar-refractivity contribution in [1.29, 1.82) is 0 Å².